The first kappa shape index (κ1) is 19.4. The number of furan rings is 1. The fourth-order valence-corrected chi connectivity index (χ4v) is 2.60. The van der Waals surface area contributed by atoms with E-state index in [1.54, 1.807) is 55.6 Å². The molecule has 0 aliphatic rings. The molecule has 7 nitrogen and oxygen atoms in total. The summed E-state index contributed by atoms with van der Waals surface area (Å²) in [7, 11) is 1.55. The SMILES string of the molecule is COc1ccc(C(=O)N/N=C\c2cc(Br)ccc2OC(=O)c2ccco2)cc1. The number of methoxy groups -OCH3 is 1. The third-order valence-corrected chi connectivity index (χ3v) is 4.11. The van der Waals surface area contributed by atoms with Gasteiger partial charge in [-0.2, -0.15) is 5.10 Å². The summed E-state index contributed by atoms with van der Waals surface area (Å²) in [5.74, 6) is -0.0184. The number of carbonyl (C=O) groups is 2. The number of nitrogens with one attached hydrogen (secondary N) is 1. The summed E-state index contributed by atoms with van der Waals surface area (Å²) in [5, 5.41) is 3.94. The number of rotatable bonds is 6. The molecule has 8 heteroatoms. The number of halogens is 1. The normalized spacial score (nSPS) is 10.6. The summed E-state index contributed by atoms with van der Waals surface area (Å²) >= 11 is 3.35. The van der Waals surface area contributed by atoms with E-state index in [0.29, 0.717) is 16.9 Å². The van der Waals surface area contributed by atoms with Crippen LogP contribution in [-0.2, 0) is 0 Å². The highest BCUT2D eigenvalue weighted by atomic mass is 79.9. The lowest BCUT2D eigenvalue weighted by Gasteiger charge is -2.07. The zero-order valence-electron chi connectivity index (χ0n) is 14.7. The minimum absolute atomic E-state index is 0.0821. The molecule has 0 aliphatic heterocycles. The van der Waals surface area contributed by atoms with Crippen molar-refractivity contribution in [3.8, 4) is 11.5 Å². The van der Waals surface area contributed by atoms with Crippen LogP contribution in [0.4, 0.5) is 0 Å². The molecule has 0 bridgehead atoms. The van der Waals surface area contributed by atoms with E-state index in [2.05, 4.69) is 26.5 Å². The predicted molar refractivity (Wildman–Crippen MR) is 106 cm³/mol. The van der Waals surface area contributed by atoms with Crippen LogP contribution < -0.4 is 14.9 Å². The topological polar surface area (TPSA) is 90.1 Å². The Kier molecular flexibility index (Phi) is 6.23. The van der Waals surface area contributed by atoms with Crippen LogP contribution in [0.3, 0.4) is 0 Å². The van der Waals surface area contributed by atoms with Crippen molar-refractivity contribution in [1.82, 2.24) is 5.43 Å². The molecule has 0 spiro atoms. The van der Waals surface area contributed by atoms with E-state index < -0.39 is 5.97 Å². The van der Waals surface area contributed by atoms with Crippen molar-refractivity contribution in [2.75, 3.05) is 7.11 Å². The summed E-state index contributed by atoms with van der Waals surface area (Å²) in [6, 6.07) is 14.7. The lowest BCUT2D eigenvalue weighted by atomic mass is 10.2. The van der Waals surface area contributed by atoms with Gasteiger partial charge in [0, 0.05) is 15.6 Å². The standard InChI is InChI=1S/C20H15BrN2O5/c1-26-16-7-4-13(5-8-16)19(24)23-22-12-14-11-15(21)6-9-17(14)28-20(25)18-3-2-10-27-18/h2-12H,1H3,(H,23,24)/b22-12-. The Morgan fingerprint density at radius 2 is 1.93 bits per heavy atom. The maximum absolute atomic E-state index is 12.1. The largest absolute Gasteiger partial charge is 0.497 e. The van der Waals surface area contributed by atoms with E-state index in [0.717, 1.165) is 4.47 Å². The van der Waals surface area contributed by atoms with Crippen LogP contribution >= 0.6 is 15.9 Å². The van der Waals surface area contributed by atoms with Gasteiger partial charge in [0.2, 0.25) is 5.76 Å². The van der Waals surface area contributed by atoms with Gasteiger partial charge in [0.25, 0.3) is 5.91 Å². The smallest absolute Gasteiger partial charge is 0.379 e. The molecule has 0 aliphatic carbocycles. The number of benzene rings is 2. The number of hydrazone groups is 1. The number of nitrogens with zero attached hydrogens (tertiary/aromatic N) is 1. The van der Waals surface area contributed by atoms with Crippen LogP contribution in [0.15, 0.2) is 74.9 Å². The molecule has 0 unspecified atom stereocenters. The minimum Gasteiger partial charge on any atom is -0.497 e. The van der Waals surface area contributed by atoms with Gasteiger partial charge in [0.05, 0.1) is 19.6 Å². The molecule has 0 fully saturated rings. The van der Waals surface area contributed by atoms with Gasteiger partial charge in [-0.25, -0.2) is 10.2 Å². The Labute approximate surface area is 169 Å². The summed E-state index contributed by atoms with van der Waals surface area (Å²) < 4.78 is 16.2. The van der Waals surface area contributed by atoms with Crippen molar-refractivity contribution in [2.45, 2.75) is 0 Å². The molecule has 28 heavy (non-hydrogen) atoms. The molecule has 1 aromatic heterocycles. The molecule has 3 rings (SSSR count). The van der Waals surface area contributed by atoms with Crippen molar-refractivity contribution < 1.29 is 23.5 Å². The highest BCUT2D eigenvalue weighted by Gasteiger charge is 2.14. The van der Waals surface area contributed by atoms with E-state index in [9.17, 15) is 9.59 Å². The van der Waals surface area contributed by atoms with Crippen molar-refractivity contribution in [1.29, 1.82) is 0 Å². The number of hydrogen-bond donors (Lipinski definition) is 1. The molecule has 0 radical (unpaired) electrons. The van der Waals surface area contributed by atoms with E-state index in [4.69, 9.17) is 13.9 Å². The number of hydrogen-bond acceptors (Lipinski definition) is 6. The molecule has 3 aromatic rings. The molecule has 142 valence electrons. The Bertz CT molecular complexity index is 998. The average Bonchev–Trinajstić information content (AvgIpc) is 3.25. The number of ether oxygens (including phenoxy) is 2. The predicted octanol–water partition coefficient (Wildman–Crippen LogP) is 4.03. The van der Waals surface area contributed by atoms with Crippen molar-refractivity contribution in [2.24, 2.45) is 5.10 Å². The zero-order chi connectivity index (χ0) is 19.9. The van der Waals surface area contributed by atoms with Crippen molar-refractivity contribution in [3.05, 3.63) is 82.2 Å². The first-order valence-electron chi connectivity index (χ1n) is 8.09. The van der Waals surface area contributed by atoms with Crippen LogP contribution in [0.5, 0.6) is 11.5 Å². The number of amides is 1. The Morgan fingerprint density at radius 1 is 1.14 bits per heavy atom. The highest BCUT2D eigenvalue weighted by molar-refractivity contribution is 9.10. The second-order valence-electron chi connectivity index (χ2n) is 5.48. The summed E-state index contributed by atoms with van der Waals surface area (Å²) in [4.78, 5) is 24.2. The molecule has 0 atom stereocenters. The first-order chi connectivity index (χ1) is 13.6. The molecule has 1 amide bonds. The molecule has 0 saturated carbocycles. The van der Waals surface area contributed by atoms with E-state index in [1.807, 2.05) is 0 Å². The van der Waals surface area contributed by atoms with Gasteiger partial charge in [-0.3, -0.25) is 4.79 Å². The number of esters is 1. The molecular weight excluding hydrogens is 428 g/mol. The Balaban J connectivity index is 1.71. The van der Waals surface area contributed by atoms with Gasteiger partial charge in [-0.1, -0.05) is 15.9 Å². The fourth-order valence-electron chi connectivity index (χ4n) is 2.23. The molecule has 2 aromatic carbocycles. The Hall–Kier alpha value is -3.39. The van der Waals surface area contributed by atoms with Gasteiger partial charge >= 0.3 is 5.97 Å². The van der Waals surface area contributed by atoms with Gasteiger partial charge in [-0.05, 0) is 54.6 Å². The molecular formula is C20H15BrN2O5. The monoisotopic (exact) mass is 442 g/mol. The van der Waals surface area contributed by atoms with Gasteiger partial charge in [-0.15, -0.1) is 0 Å². The molecule has 0 saturated heterocycles. The second-order valence-corrected chi connectivity index (χ2v) is 6.39. The first-order valence-corrected chi connectivity index (χ1v) is 8.89. The average molecular weight is 443 g/mol. The van der Waals surface area contributed by atoms with Gasteiger partial charge in [0.15, 0.2) is 0 Å². The van der Waals surface area contributed by atoms with Crippen LogP contribution in [0, 0.1) is 0 Å². The second kappa shape index (κ2) is 9.01. The van der Waals surface area contributed by atoms with Crippen LogP contribution in [-0.4, -0.2) is 25.2 Å². The van der Waals surface area contributed by atoms with E-state index in [1.165, 1.54) is 18.5 Å². The summed E-state index contributed by atoms with van der Waals surface area (Å²) in [6.45, 7) is 0. The van der Waals surface area contributed by atoms with Gasteiger partial charge < -0.3 is 13.9 Å². The fraction of sp³-hybridized carbons (Fsp3) is 0.0500. The quantitative estimate of drug-likeness (QED) is 0.269. The van der Waals surface area contributed by atoms with Gasteiger partial charge in [0.1, 0.15) is 11.5 Å². The minimum atomic E-state index is -0.635. The van der Waals surface area contributed by atoms with Crippen LogP contribution in [0.25, 0.3) is 0 Å². The maximum Gasteiger partial charge on any atom is 0.379 e. The van der Waals surface area contributed by atoms with E-state index >= 15 is 0 Å². The highest BCUT2D eigenvalue weighted by Crippen LogP contribution is 2.23. The van der Waals surface area contributed by atoms with Crippen LogP contribution in [0.1, 0.15) is 26.5 Å². The summed E-state index contributed by atoms with van der Waals surface area (Å²) in [5.41, 5.74) is 3.35. The van der Waals surface area contributed by atoms with E-state index in [-0.39, 0.29) is 17.4 Å². The van der Waals surface area contributed by atoms with Crippen molar-refractivity contribution in [3.63, 3.8) is 0 Å². The maximum atomic E-state index is 12.1. The van der Waals surface area contributed by atoms with Crippen LogP contribution in [0.2, 0.25) is 0 Å². The zero-order valence-corrected chi connectivity index (χ0v) is 16.3. The number of carbonyl (C=O) groups excluding carboxylic acids is 2. The molecule has 1 N–H and O–H groups in total. The third-order valence-electron chi connectivity index (χ3n) is 3.62. The lowest BCUT2D eigenvalue weighted by Crippen LogP contribution is -2.17. The Morgan fingerprint density at radius 3 is 2.61 bits per heavy atom. The lowest BCUT2D eigenvalue weighted by molar-refractivity contribution is 0.0700. The van der Waals surface area contributed by atoms with Crippen molar-refractivity contribution >= 4 is 34.0 Å². The molecule has 1 heterocycles. The third kappa shape index (κ3) is 4.86. The summed E-state index contributed by atoms with van der Waals surface area (Å²) in [6.07, 6.45) is 2.77.